The van der Waals surface area contributed by atoms with Gasteiger partial charge in [-0.2, -0.15) is 0 Å². The van der Waals surface area contributed by atoms with E-state index in [0.29, 0.717) is 6.10 Å². The van der Waals surface area contributed by atoms with Crippen molar-refractivity contribution in [1.29, 1.82) is 0 Å². The van der Waals surface area contributed by atoms with Gasteiger partial charge in [0.25, 0.3) is 0 Å². The third kappa shape index (κ3) is 3.43. The minimum atomic E-state index is 0.336. The maximum absolute atomic E-state index is 5.74. The largest absolute Gasteiger partial charge is 0.378 e. The van der Waals surface area contributed by atoms with Crippen molar-refractivity contribution >= 4 is 17.7 Å². The topological polar surface area (TPSA) is 52.4 Å². The first-order chi connectivity index (χ1) is 11.9. The van der Waals surface area contributed by atoms with Gasteiger partial charge in [-0.05, 0) is 25.0 Å². The number of morpholine rings is 1. The maximum atomic E-state index is 5.74. The number of hydrogen-bond acceptors (Lipinski definition) is 6. The zero-order valence-electron chi connectivity index (χ0n) is 13.6. The molecule has 24 heavy (non-hydrogen) atoms. The Morgan fingerprint density at radius 2 is 1.92 bits per heavy atom. The Labute approximate surface area is 146 Å². The van der Waals surface area contributed by atoms with Crippen LogP contribution in [0, 0.1) is 0 Å². The van der Waals surface area contributed by atoms with Gasteiger partial charge in [-0.25, -0.2) is 0 Å². The van der Waals surface area contributed by atoms with Crippen molar-refractivity contribution < 1.29 is 9.47 Å². The summed E-state index contributed by atoms with van der Waals surface area (Å²) in [5, 5.41) is 9.88. The van der Waals surface area contributed by atoms with E-state index in [1.165, 1.54) is 0 Å². The van der Waals surface area contributed by atoms with Crippen LogP contribution in [0.2, 0.25) is 0 Å². The van der Waals surface area contributed by atoms with Crippen molar-refractivity contribution in [3.8, 4) is 5.69 Å². The first-order valence-electron chi connectivity index (χ1n) is 8.50. The van der Waals surface area contributed by atoms with E-state index in [1.807, 2.05) is 18.2 Å². The molecule has 0 N–H and O–H groups in total. The number of thioether (sulfide) groups is 1. The molecule has 1 aromatic carbocycles. The minimum Gasteiger partial charge on any atom is -0.378 e. The van der Waals surface area contributed by atoms with Crippen molar-refractivity contribution in [3.63, 3.8) is 0 Å². The van der Waals surface area contributed by atoms with E-state index in [2.05, 4.69) is 31.8 Å². The van der Waals surface area contributed by atoms with Gasteiger partial charge < -0.3 is 14.4 Å². The third-order valence-corrected chi connectivity index (χ3v) is 5.41. The highest BCUT2D eigenvalue weighted by Gasteiger charge is 2.23. The summed E-state index contributed by atoms with van der Waals surface area (Å²) >= 11 is 1.73. The first kappa shape index (κ1) is 15.9. The Bertz CT molecular complexity index is 652. The van der Waals surface area contributed by atoms with E-state index in [1.54, 1.807) is 11.8 Å². The molecule has 0 radical (unpaired) electrons. The lowest BCUT2D eigenvalue weighted by Crippen LogP contribution is -2.37. The van der Waals surface area contributed by atoms with Crippen LogP contribution in [0.15, 0.2) is 35.5 Å². The molecular weight excluding hydrogens is 324 g/mol. The van der Waals surface area contributed by atoms with Crippen molar-refractivity contribution in [3.05, 3.63) is 30.3 Å². The van der Waals surface area contributed by atoms with Crippen LogP contribution in [0.4, 0.5) is 5.95 Å². The molecule has 7 heteroatoms. The lowest BCUT2D eigenvalue weighted by Gasteiger charge is -2.28. The molecule has 2 aliphatic rings. The lowest BCUT2D eigenvalue weighted by atomic mass is 10.3. The highest BCUT2D eigenvalue weighted by atomic mass is 32.2. The van der Waals surface area contributed by atoms with Gasteiger partial charge in [0.05, 0.1) is 25.0 Å². The number of benzene rings is 1. The summed E-state index contributed by atoms with van der Waals surface area (Å²) in [5.41, 5.74) is 1.10. The van der Waals surface area contributed by atoms with Crippen LogP contribution in [0.5, 0.6) is 0 Å². The van der Waals surface area contributed by atoms with E-state index in [4.69, 9.17) is 9.47 Å². The van der Waals surface area contributed by atoms with Crippen molar-refractivity contribution in [2.75, 3.05) is 43.6 Å². The average molecular weight is 346 g/mol. The molecule has 4 rings (SSSR count). The second-order valence-electron chi connectivity index (χ2n) is 6.00. The summed E-state index contributed by atoms with van der Waals surface area (Å²) in [7, 11) is 0. The predicted octanol–water partition coefficient (Wildman–Crippen LogP) is 2.38. The molecule has 2 aliphatic heterocycles. The average Bonchev–Trinajstić information content (AvgIpc) is 3.31. The van der Waals surface area contributed by atoms with Crippen LogP contribution in [0.1, 0.15) is 12.8 Å². The normalized spacial score (nSPS) is 21.3. The van der Waals surface area contributed by atoms with Crippen molar-refractivity contribution in [2.24, 2.45) is 0 Å². The fraction of sp³-hybridized carbons (Fsp3) is 0.529. The minimum absolute atomic E-state index is 0.336. The zero-order chi connectivity index (χ0) is 16.2. The molecule has 0 aliphatic carbocycles. The highest BCUT2D eigenvalue weighted by molar-refractivity contribution is 7.99. The van der Waals surface area contributed by atoms with Crippen molar-refractivity contribution in [1.82, 2.24) is 14.8 Å². The SMILES string of the molecule is c1ccc(-n2c(SCC3CCCO3)nnc2N2CCOCC2)cc1. The summed E-state index contributed by atoms with van der Waals surface area (Å²) in [4.78, 5) is 2.25. The maximum Gasteiger partial charge on any atom is 0.232 e. The molecule has 0 spiro atoms. The van der Waals surface area contributed by atoms with E-state index in [9.17, 15) is 0 Å². The van der Waals surface area contributed by atoms with Crippen molar-refractivity contribution in [2.45, 2.75) is 24.1 Å². The quantitative estimate of drug-likeness (QED) is 0.775. The fourth-order valence-electron chi connectivity index (χ4n) is 3.07. The molecule has 0 saturated carbocycles. The van der Waals surface area contributed by atoms with Crippen LogP contribution >= 0.6 is 11.8 Å². The highest BCUT2D eigenvalue weighted by Crippen LogP contribution is 2.29. The molecule has 1 unspecified atom stereocenters. The number of rotatable bonds is 5. The van der Waals surface area contributed by atoms with E-state index >= 15 is 0 Å². The van der Waals surface area contributed by atoms with E-state index in [0.717, 1.165) is 68.3 Å². The molecule has 2 fully saturated rings. The summed E-state index contributed by atoms with van der Waals surface area (Å²) in [6.07, 6.45) is 2.64. The lowest BCUT2D eigenvalue weighted by molar-refractivity contribution is 0.122. The number of nitrogens with zero attached hydrogens (tertiary/aromatic N) is 4. The Morgan fingerprint density at radius 3 is 2.67 bits per heavy atom. The predicted molar refractivity (Wildman–Crippen MR) is 94.1 cm³/mol. The molecule has 2 aromatic rings. The van der Waals surface area contributed by atoms with Gasteiger partial charge in [-0.1, -0.05) is 30.0 Å². The van der Waals surface area contributed by atoms with Gasteiger partial charge in [0, 0.05) is 25.4 Å². The summed E-state index contributed by atoms with van der Waals surface area (Å²) in [6.45, 7) is 4.05. The molecule has 0 bridgehead atoms. The van der Waals surface area contributed by atoms with Crippen LogP contribution in [-0.2, 0) is 9.47 Å². The standard InChI is InChI=1S/C17H22N4O2S/c1-2-5-14(6-3-1)21-16(20-8-11-22-12-9-20)18-19-17(21)24-13-15-7-4-10-23-15/h1-3,5-6,15H,4,7-13H2. The number of ether oxygens (including phenoxy) is 2. The van der Waals surface area contributed by atoms with Gasteiger partial charge in [-0.3, -0.25) is 4.57 Å². The van der Waals surface area contributed by atoms with Crippen LogP contribution in [0.25, 0.3) is 5.69 Å². The molecular formula is C17H22N4O2S. The first-order valence-corrected chi connectivity index (χ1v) is 9.48. The molecule has 1 aromatic heterocycles. The second kappa shape index (κ2) is 7.55. The number of anilines is 1. The fourth-order valence-corrected chi connectivity index (χ4v) is 4.08. The van der Waals surface area contributed by atoms with Gasteiger partial charge in [-0.15, -0.1) is 10.2 Å². The molecule has 128 valence electrons. The second-order valence-corrected chi connectivity index (χ2v) is 6.99. The molecule has 0 amide bonds. The van der Waals surface area contributed by atoms with E-state index < -0.39 is 0 Å². The van der Waals surface area contributed by atoms with Gasteiger partial charge in [0.1, 0.15) is 0 Å². The molecule has 3 heterocycles. The van der Waals surface area contributed by atoms with E-state index in [-0.39, 0.29) is 0 Å². The molecule has 1 atom stereocenters. The summed E-state index contributed by atoms with van der Waals surface area (Å²) < 4.78 is 13.4. The monoisotopic (exact) mass is 346 g/mol. The van der Waals surface area contributed by atoms with Crippen LogP contribution in [0.3, 0.4) is 0 Å². The Balaban J connectivity index is 1.61. The smallest absolute Gasteiger partial charge is 0.232 e. The summed E-state index contributed by atoms with van der Waals surface area (Å²) in [5.74, 6) is 1.83. The van der Waals surface area contributed by atoms with Crippen LogP contribution < -0.4 is 4.90 Å². The number of para-hydroxylation sites is 1. The molecule has 6 nitrogen and oxygen atoms in total. The van der Waals surface area contributed by atoms with Gasteiger partial charge >= 0.3 is 0 Å². The Hall–Kier alpha value is -1.57. The number of hydrogen-bond donors (Lipinski definition) is 0. The third-order valence-electron chi connectivity index (χ3n) is 4.35. The summed E-state index contributed by atoms with van der Waals surface area (Å²) in [6, 6.07) is 10.3. The Morgan fingerprint density at radius 1 is 1.08 bits per heavy atom. The Kier molecular flexibility index (Phi) is 5.01. The zero-order valence-corrected chi connectivity index (χ0v) is 14.5. The van der Waals surface area contributed by atoms with Gasteiger partial charge in [0.15, 0.2) is 5.16 Å². The molecule has 2 saturated heterocycles. The van der Waals surface area contributed by atoms with Crippen LogP contribution in [-0.4, -0.2) is 59.5 Å². The number of aromatic nitrogens is 3. The van der Waals surface area contributed by atoms with Gasteiger partial charge in [0.2, 0.25) is 5.95 Å².